The number of hydrogen-bond acceptors (Lipinski definition) is 3. The molecule has 0 aromatic heterocycles. The fraction of sp³-hybridized carbons (Fsp3) is 0.778. The van der Waals surface area contributed by atoms with Crippen LogP contribution in [-0.4, -0.2) is 31.2 Å². The summed E-state index contributed by atoms with van der Waals surface area (Å²) < 4.78 is 0. The zero-order chi connectivity index (χ0) is 10.3. The van der Waals surface area contributed by atoms with E-state index in [2.05, 4.69) is 27.6 Å². The molecule has 0 radical (unpaired) electrons. The van der Waals surface area contributed by atoms with Crippen LogP contribution in [0.3, 0.4) is 0 Å². The zero-order valence-electron chi connectivity index (χ0n) is 9.00. The van der Waals surface area contributed by atoms with Gasteiger partial charge in [-0.2, -0.15) is 0 Å². The second-order valence-electron chi connectivity index (χ2n) is 3.12. The van der Waals surface area contributed by atoms with E-state index in [-0.39, 0.29) is 6.04 Å². The molecule has 1 N–H and O–H groups in total. The molecule has 0 amide bonds. The molecule has 0 heterocycles. The Morgan fingerprint density at radius 2 is 1.92 bits per heavy atom. The van der Waals surface area contributed by atoms with E-state index in [0.29, 0.717) is 6.04 Å². The van der Waals surface area contributed by atoms with E-state index in [1.807, 2.05) is 34.9 Å². The van der Waals surface area contributed by atoms with Crippen LogP contribution in [0.2, 0.25) is 0 Å². The van der Waals surface area contributed by atoms with Crippen molar-refractivity contribution in [1.82, 2.24) is 10.3 Å². The SMILES string of the molecule is CNC(C)C#CN=NN(C)C(C)C. The van der Waals surface area contributed by atoms with Gasteiger partial charge in [0, 0.05) is 13.1 Å². The molecule has 0 spiro atoms. The van der Waals surface area contributed by atoms with E-state index in [1.165, 1.54) is 0 Å². The highest BCUT2D eigenvalue weighted by molar-refractivity contribution is 5.03. The minimum Gasteiger partial charge on any atom is -0.307 e. The summed E-state index contributed by atoms with van der Waals surface area (Å²) >= 11 is 0. The molecule has 4 nitrogen and oxygen atoms in total. The van der Waals surface area contributed by atoms with Crippen molar-refractivity contribution in [3.8, 4) is 12.0 Å². The molecule has 0 aliphatic carbocycles. The van der Waals surface area contributed by atoms with Crippen molar-refractivity contribution >= 4 is 0 Å². The quantitative estimate of drug-likeness (QED) is 0.405. The van der Waals surface area contributed by atoms with Crippen molar-refractivity contribution in [2.75, 3.05) is 14.1 Å². The normalized spacial score (nSPS) is 12.8. The average Bonchev–Trinajstić information content (AvgIpc) is 2.11. The van der Waals surface area contributed by atoms with E-state index < -0.39 is 0 Å². The Morgan fingerprint density at radius 1 is 1.31 bits per heavy atom. The van der Waals surface area contributed by atoms with Crippen LogP contribution in [0.4, 0.5) is 0 Å². The van der Waals surface area contributed by atoms with E-state index in [4.69, 9.17) is 0 Å². The van der Waals surface area contributed by atoms with E-state index >= 15 is 0 Å². The molecule has 1 atom stereocenters. The second-order valence-corrected chi connectivity index (χ2v) is 3.12. The van der Waals surface area contributed by atoms with Crippen molar-refractivity contribution in [3.05, 3.63) is 0 Å². The smallest absolute Gasteiger partial charge is 0.0678 e. The third-order valence-electron chi connectivity index (χ3n) is 1.70. The second kappa shape index (κ2) is 6.44. The molecule has 4 heteroatoms. The third kappa shape index (κ3) is 6.12. The van der Waals surface area contributed by atoms with Crippen LogP contribution in [0.25, 0.3) is 0 Å². The first-order valence-corrected chi connectivity index (χ1v) is 4.39. The van der Waals surface area contributed by atoms with Crippen LogP contribution in [0, 0.1) is 12.0 Å². The Morgan fingerprint density at radius 3 is 2.38 bits per heavy atom. The van der Waals surface area contributed by atoms with E-state index in [0.717, 1.165) is 0 Å². The summed E-state index contributed by atoms with van der Waals surface area (Å²) in [6.45, 7) is 6.06. The lowest BCUT2D eigenvalue weighted by Crippen LogP contribution is -2.19. The molecular formula is C9H18N4. The van der Waals surface area contributed by atoms with Gasteiger partial charge in [-0.25, -0.2) is 0 Å². The van der Waals surface area contributed by atoms with Gasteiger partial charge in [0.1, 0.15) is 0 Å². The highest BCUT2D eigenvalue weighted by atomic mass is 15.5. The number of rotatable bonds is 3. The Bertz CT molecular complexity index is 211. The molecule has 0 fully saturated rings. The summed E-state index contributed by atoms with van der Waals surface area (Å²) in [5, 5.41) is 12.4. The van der Waals surface area contributed by atoms with Crippen LogP contribution in [0.1, 0.15) is 20.8 Å². The maximum absolute atomic E-state index is 3.89. The van der Waals surface area contributed by atoms with Gasteiger partial charge in [-0.3, -0.25) is 5.01 Å². The maximum atomic E-state index is 3.89. The molecular weight excluding hydrogens is 164 g/mol. The van der Waals surface area contributed by atoms with Gasteiger partial charge in [-0.1, -0.05) is 16.3 Å². The molecule has 0 aliphatic heterocycles. The van der Waals surface area contributed by atoms with Crippen molar-refractivity contribution in [1.29, 1.82) is 0 Å². The Hall–Kier alpha value is -1.08. The monoisotopic (exact) mass is 182 g/mol. The molecule has 0 bridgehead atoms. The molecule has 1 unspecified atom stereocenters. The van der Waals surface area contributed by atoms with Crippen molar-refractivity contribution < 1.29 is 0 Å². The van der Waals surface area contributed by atoms with Crippen LogP contribution >= 0.6 is 0 Å². The predicted molar refractivity (Wildman–Crippen MR) is 54.1 cm³/mol. The molecule has 0 saturated carbocycles. The minimum absolute atomic E-state index is 0.156. The van der Waals surface area contributed by atoms with Crippen LogP contribution < -0.4 is 5.32 Å². The molecule has 0 aromatic rings. The third-order valence-corrected chi connectivity index (χ3v) is 1.70. The molecule has 0 aliphatic rings. The lowest BCUT2D eigenvalue weighted by molar-refractivity contribution is 0.270. The summed E-state index contributed by atoms with van der Waals surface area (Å²) in [6.07, 6.45) is 0. The Balaban J connectivity index is 3.90. The van der Waals surface area contributed by atoms with Gasteiger partial charge in [0.25, 0.3) is 0 Å². The first-order valence-electron chi connectivity index (χ1n) is 4.39. The fourth-order valence-corrected chi connectivity index (χ4v) is 0.394. The number of nitrogens with zero attached hydrogens (tertiary/aromatic N) is 3. The summed E-state index contributed by atoms with van der Waals surface area (Å²) in [5.41, 5.74) is 0. The standard InChI is InChI=1S/C9H18N4/c1-8(2)13(5)12-11-7-6-9(3)10-4/h8-10H,1-5H3. The highest BCUT2D eigenvalue weighted by Gasteiger charge is 1.96. The average molecular weight is 182 g/mol. The van der Waals surface area contributed by atoms with Crippen LogP contribution in [0.15, 0.2) is 10.3 Å². The summed E-state index contributed by atoms with van der Waals surface area (Å²) in [7, 11) is 3.73. The topological polar surface area (TPSA) is 40.0 Å². The number of hydrogen-bond donors (Lipinski definition) is 1. The van der Waals surface area contributed by atoms with E-state index in [1.54, 1.807) is 5.01 Å². The van der Waals surface area contributed by atoms with Gasteiger partial charge >= 0.3 is 0 Å². The molecule has 13 heavy (non-hydrogen) atoms. The Labute approximate surface area is 80.4 Å². The summed E-state index contributed by atoms with van der Waals surface area (Å²) in [5.74, 6) is 2.88. The largest absolute Gasteiger partial charge is 0.307 e. The minimum atomic E-state index is 0.156. The molecule has 0 rings (SSSR count). The predicted octanol–water partition coefficient (Wildman–Crippen LogP) is 1.26. The highest BCUT2D eigenvalue weighted by Crippen LogP contribution is 1.93. The number of nitrogens with one attached hydrogen (secondary N) is 1. The van der Waals surface area contributed by atoms with Crippen molar-refractivity contribution in [3.63, 3.8) is 0 Å². The lowest BCUT2D eigenvalue weighted by Gasteiger charge is -2.13. The molecule has 74 valence electrons. The molecule has 0 aromatic carbocycles. The maximum Gasteiger partial charge on any atom is 0.0678 e. The first-order chi connectivity index (χ1) is 6.07. The van der Waals surface area contributed by atoms with Crippen molar-refractivity contribution in [2.45, 2.75) is 32.9 Å². The zero-order valence-corrected chi connectivity index (χ0v) is 9.00. The lowest BCUT2D eigenvalue weighted by atomic mass is 10.4. The van der Waals surface area contributed by atoms with Crippen LogP contribution in [-0.2, 0) is 0 Å². The summed E-state index contributed by atoms with van der Waals surface area (Å²) in [4.78, 5) is 0. The molecule has 0 saturated heterocycles. The fourth-order valence-electron chi connectivity index (χ4n) is 0.394. The van der Waals surface area contributed by atoms with Gasteiger partial charge in [-0.05, 0) is 27.8 Å². The van der Waals surface area contributed by atoms with Gasteiger partial charge < -0.3 is 5.32 Å². The van der Waals surface area contributed by atoms with Gasteiger partial charge in [-0.15, -0.1) is 0 Å². The summed E-state index contributed by atoms with van der Waals surface area (Å²) in [6, 6.07) is 3.14. The first kappa shape index (κ1) is 11.9. The van der Waals surface area contributed by atoms with Gasteiger partial charge in [0.05, 0.1) is 12.1 Å². The Kier molecular flexibility index (Phi) is 5.90. The van der Waals surface area contributed by atoms with Gasteiger partial charge in [0.15, 0.2) is 0 Å². The van der Waals surface area contributed by atoms with E-state index in [9.17, 15) is 0 Å². The van der Waals surface area contributed by atoms with Crippen LogP contribution in [0.5, 0.6) is 0 Å². The van der Waals surface area contributed by atoms with Crippen molar-refractivity contribution in [2.24, 2.45) is 10.3 Å². The van der Waals surface area contributed by atoms with Gasteiger partial charge in [0.2, 0.25) is 0 Å².